The van der Waals surface area contributed by atoms with Gasteiger partial charge in [-0.25, -0.2) is 9.59 Å². The summed E-state index contributed by atoms with van der Waals surface area (Å²) in [4.78, 5) is 51.3. The van der Waals surface area contributed by atoms with Gasteiger partial charge in [-0.05, 0) is 25.7 Å². The van der Waals surface area contributed by atoms with Crippen molar-refractivity contribution >= 4 is 23.7 Å². The van der Waals surface area contributed by atoms with Gasteiger partial charge in [-0.15, -0.1) is 0 Å². The fourth-order valence-corrected chi connectivity index (χ4v) is 7.08. The van der Waals surface area contributed by atoms with Gasteiger partial charge in [0.15, 0.2) is 18.0 Å². The predicted molar refractivity (Wildman–Crippen MR) is 114 cm³/mol. The number of benzene rings is 1. The molecule has 0 amide bonds. The zero-order valence-electron chi connectivity index (χ0n) is 19.1. The van der Waals surface area contributed by atoms with Crippen LogP contribution in [0.15, 0.2) is 30.3 Å². The van der Waals surface area contributed by atoms with Crippen molar-refractivity contribution in [3.05, 3.63) is 35.9 Å². The van der Waals surface area contributed by atoms with Crippen LogP contribution in [0.2, 0.25) is 0 Å². The number of carbonyl (C=O) groups is 4. The van der Waals surface area contributed by atoms with E-state index >= 15 is 0 Å². The molecule has 2 aliphatic heterocycles. The number of Topliss-reactive ketones (excluding diaryl/α,β-unsaturated/α-hetero) is 1. The molecular formula is C25H28O9. The first-order chi connectivity index (χ1) is 16.0. The molecule has 2 bridgehead atoms. The number of fused-ring (bicyclic) bond motifs is 4. The maximum Gasteiger partial charge on any atom is 0.355 e. The van der Waals surface area contributed by atoms with Crippen molar-refractivity contribution in [2.45, 2.75) is 69.4 Å². The van der Waals surface area contributed by atoms with Crippen LogP contribution in [0.1, 0.15) is 56.3 Å². The summed E-state index contributed by atoms with van der Waals surface area (Å²) in [6.45, 7) is 3.19. The number of cyclic esters (lactones) is 1. The van der Waals surface area contributed by atoms with E-state index < -0.39 is 52.1 Å². The van der Waals surface area contributed by atoms with Crippen LogP contribution in [0.25, 0.3) is 0 Å². The molecule has 0 radical (unpaired) electrons. The van der Waals surface area contributed by atoms with Gasteiger partial charge in [0.1, 0.15) is 6.61 Å². The highest BCUT2D eigenvalue weighted by Gasteiger charge is 2.87. The first kappa shape index (κ1) is 23.0. The van der Waals surface area contributed by atoms with Gasteiger partial charge >= 0.3 is 17.9 Å². The van der Waals surface area contributed by atoms with Gasteiger partial charge in [0.05, 0.1) is 17.4 Å². The van der Waals surface area contributed by atoms with Gasteiger partial charge < -0.3 is 24.4 Å². The smallest absolute Gasteiger partial charge is 0.355 e. The number of rotatable bonds is 5. The van der Waals surface area contributed by atoms with Crippen LogP contribution in [0.5, 0.6) is 0 Å². The fourth-order valence-electron chi connectivity index (χ4n) is 7.08. The lowest BCUT2D eigenvalue weighted by Gasteiger charge is -2.64. The number of carbonyl (C=O) groups excluding carboxylic acids is 4. The van der Waals surface area contributed by atoms with E-state index in [9.17, 15) is 29.4 Å². The Morgan fingerprint density at radius 2 is 1.88 bits per heavy atom. The molecular weight excluding hydrogens is 444 g/mol. The Morgan fingerprint density at radius 1 is 1.18 bits per heavy atom. The first-order valence-electron chi connectivity index (χ1n) is 11.6. The van der Waals surface area contributed by atoms with Gasteiger partial charge in [-0.3, -0.25) is 9.59 Å². The van der Waals surface area contributed by atoms with Crippen molar-refractivity contribution in [2.24, 2.45) is 16.7 Å². The minimum Gasteiger partial charge on any atom is -0.462 e. The van der Waals surface area contributed by atoms with Crippen molar-refractivity contribution in [3.63, 3.8) is 0 Å². The van der Waals surface area contributed by atoms with E-state index in [1.807, 2.05) is 6.92 Å². The topological polar surface area (TPSA) is 136 Å². The lowest BCUT2D eigenvalue weighted by molar-refractivity contribution is -0.322. The number of aliphatic hydroxyl groups is 2. The number of aliphatic hydroxyl groups excluding tert-OH is 1. The Labute approximate surface area is 196 Å². The molecule has 7 atom stereocenters. The summed E-state index contributed by atoms with van der Waals surface area (Å²) in [5.41, 5.74) is -6.06. The van der Waals surface area contributed by atoms with Crippen molar-refractivity contribution < 1.29 is 43.6 Å². The van der Waals surface area contributed by atoms with E-state index in [1.165, 1.54) is 0 Å². The molecule has 2 aliphatic carbocycles. The minimum atomic E-state index is -2.07. The number of ketones is 1. The summed E-state index contributed by atoms with van der Waals surface area (Å²) in [5, 5.41) is 23.0. The summed E-state index contributed by atoms with van der Waals surface area (Å²) in [5.74, 6) is -3.19. The van der Waals surface area contributed by atoms with E-state index in [2.05, 4.69) is 0 Å². The highest BCUT2D eigenvalue weighted by Crippen LogP contribution is 2.72. The molecule has 0 aromatic heterocycles. The number of hydrogen-bond donors (Lipinski definition) is 2. The highest BCUT2D eigenvalue weighted by atomic mass is 16.6. The average molecular weight is 472 g/mol. The third kappa shape index (κ3) is 2.57. The molecule has 4 aliphatic rings. The SMILES string of the molecule is C[C@@H]1CC[C@@]2(O)[C@@]13C[C@@H](OC(=O)[C@@H]3O)[C@@]1(OC(=O)CCC(=O)c3ccccc3)C(=O)OC[C@@]21C. The molecule has 4 fully saturated rings. The standard InChI is InChI=1S/C25H28O9/c1-14-10-11-24(31)22(2)13-32-21(30)25(22,17-12-23(14,24)19(28)20(29)33-17)34-18(27)9-8-16(26)15-6-4-3-5-7-15/h3-7,14,17,19,28,31H,8-13H2,1-2H3/t14-,17-,19+,22+,23+,24+,25-/m1/s1. The Bertz CT molecular complexity index is 1070. The van der Waals surface area contributed by atoms with Crippen LogP contribution in [0, 0.1) is 16.7 Å². The first-order valence-corrected chi connectivity index (χ1v) is 11.6. The molecule has 2 heterocycles. The van der Waals surface area contributed by atoms with E-state index in [1.54, 1.807) is 37.3 Å². The van der Waals surface area contributed by atoms with Crippen LogP contribution in [-0.2, 0) is 28.6 Å². The summed E-state index contributed by atoms with van der Waals surface area (Å²) >= 11 is 0. The van der Waals surface area contributed by atoms with Crippen LogP contribution in [0.3, 0.4) is 0 Å². The predicted octanol–water partition coefficient (Wildman–Crippen LogP) is 1.33. The van der Waals surface area contributed by atoms with Gasteiger partial charge in [0.2, 0.25) is 0 Å². The summed E-state index contributed by atoms with van der Waals surface area (Å²) in [6.07, 6.45) is -2.58. The zero-order chi connectivity index (χ0) is 24.5. The van der Waals surface area contributed by atoms with E-state index in [-0.39, 0.29) is 44.0 Å². The van der Waals surface area contributed by atoms with Crippen molar-refractivity contribution in [2.75, 3.05) is 6.61 Å². The third-order valence-electron chi connectivity index (χ3n) is 8.99. The zero-order valence-corrected chi connectivity index (χ0v) is 19.1. The molecule has 34 heavy (non-hydrogen) atoms. The minimum absolute atomic E-state index is 0.0432. The fraction of sp³-hybridized carbons (Fsp3) is 0.600. The van der Waals surface area contributed by atoms with Crippen LogP contribution < -0.4 is 0 Å². The molecule has 2 N–H and O–H groups in total. The largest absolute Gasteiger partial charge is 0.462 e. The normalized spacial score (nSPS) is 42.3. The molecule has 2 saturated carbocycles. The number of ether oxygens (including phenoxy) is 3. The second-order valence-corrected chi connectivity index (χ2v) is 10.3. The van der Waals surface area contributed by atoms with E-state index in [4.69, 9.17) is 14.2 Å². The van der Waals surface area contributed by atoms with E-state index in [0.29, 0.717) is 12.0 Å². The number of hydrogen-bond acceptors (Lipinski definition) is 9. The maximum absolute atomic E-state index is 13.2. The molecule has 9 heteroatoms. The van der Waals surface area contributed by atoms with Crippen molar-refractivity contribution in [3.8, 4) is 0 Å². The number of esters is 3. The quantitative estimate of drug-likeness (QED) is 0.369. The van der Waals surface area contributed by atoms with Gasteiger partial charge in [0.25, 0.3) is 5.60 Å². The molecule has 182 valence electrons. The van der Waals surface area contributed by atoms with Crippen LogP contribution in [0.4, 0.5) is 0 Å². The van der Waals surface area contributed by atoms with E-state index in [0.717, 1.165) is 0 Å². The Balaban J connectivity index is 1.49. The van der Waals surface area contributed by atoms with Crippen LogP contribution in [-0.4, -0.2) is 63.9 Å². The van der Waals surface area contributed by atoms with Crippen molar-refractivity contribution in [1.82, 2.24) is 0 Å². The molecule has 9 nitrogen and oxygen atoms in total. The Hall–Kier alpha value is -2.78. The summed E-state index contributed by atoms with van der Waals surface area (Å²) in [6, 6.07) is 8.49. The second-order valence-electron chi connectivity index (χ2n) is 10.3. The Morgan fingerprint density at radius 3 is 2.59 bits per heavy atom. The lowest BCUT2D eigenvalue weighted by atomic mass is 9.44. The monoisotopic (exact) mass is 472 g/mol. The average Bonchev–Trinajstić information content (AvgIpc) is 3.24. The molecule has 1 aromatic rings. The second kappa shape index (κ2) is 7.36. The maximum atomic E-state index is 13.2. The van der Waals surface area contributed by atoms with Gasteiger partial charge in [0, 0.05) is 23.8 Å². The molecule has 5 rings (SSSR count). The lowest BCUT2D eigenvalue weighted by Crippen LogP contribution is -2.81. The van der Waals surface area contributed by atoms with Gasteiger partial charge in [-0.1, -0.05) is 37.3 Å². The molecule has 2 saturated heterocycles. The summed E-state index contributed by atoms with van der Waals surface area (Å²) < 4.78 is 16.6. The van der Waals surface area contributed by atoms with Crippen LogP contribution >= 0.6 is 0 Å². The third-order valence-corrected chi connectivity index (χ3v) is 8.99. The molecule has 0 unspecified atom stereocenters. The van der Waals surface area contributed by atoms with Crippen molar-refractivity contribution in [1.29, 1.82) is 0 Å². The highest BCUT2D eigenvalue weighted by molar-refractivity contribution is 5.98. The van der Waals surface area contributed by atoms with Gasteiger partial charge in [-0.2, -0.15) is 0 Å². The Kier molecular flexibility index (Phi) is 4.97. The molecule has 1 spiro atoms. The molecule has 1 aromatic carbocycles. The summed E-state index contributed by atoms with van der Waals surface area (Å²) in [7, 11) is 0.